The minimum atomic E-state index is -4.47. The van der Waals surface area contributed by atoms with Crippen LogP contribution < -0.4 is 5.32 Å². The molecule has 0 bridgehead atoms. The van der Waals surface area contributed by atoms with Gasteiger partial charge in [-0.05, 0) is 36.7 Å². The highest BCUT2D eigenvalue weighted by molar-refractivity contribution is 5.33. The number of benzene rings is 1. The third kappa shape index (κ3) is 3.69. The normalized spacial score (nSPS) is 13.9. The molecule has 1 rings (SSSR count). The third-order valence-corrected chi connectivity index (χ3v) is 3.49. The van der Waals surface area contributed by atoms with E-state index in [4.69, 9.17) is 0 Å². The summed E-state index contributed by atoms with van der Waals surface area (Å²) in [6, 6.07) is 2.16. The van der Waals surface area contributed by atoms with Gasteiger partial charge in [0.05, 0.1) is 5.56 Å². The first-order valence-electron chi connectivity index (χ1n) is 6.39. The Kier molecular flexibility index (Phi) is 5.35. The molecule has 1 atom stereocenters. The molecule has 0 fully saturated rings. The minimum absolute atomic E-state index is 0.0105. The van der Waals surface area contributed by atoms with Gasteiger partial charge in [0.2, 0.25) is 0 Å². The molecule has 0 spiro atoms. The highest BCUT2D eigenvalue weighted by Crippen LogP contribution is 2.38. The summed E-state index contributed by atoms with van der Waals surface area (Å²) in [5.41, 5.74) is -0.774. The predicted octanol–water partition coefficient (Wildman–Crippen LogP) is 4.54. The van der Waals surface area contributed by atoms with Crippen LogP contribution in [0.5, 0.6) is 0 Å². The third-order valence-electron chi connectivity index (χ3n) is 3.49. The Labute approximate surface area is 111 Å². The molecule has 0 saturated heterocycles. The molecule has 0 amide bonds. The van der Waals surface area contributed by atoms with Crippen molar-refractivity contribution in [1.82, 2.24) is 5.32 Å². The molecule has 0 aliphatic rings. The lowest BCUT2D eigenvalue weighted by Crippen LogP contribution is -2.27. The zero-order chi connectivity index (χ0) is 14.6. The fraction of sp³-hybridized carbons (Fsp3) is 0.571. The zero-order valence-corrected chi connectivity index (χ0v) is 11.3. The van der Waals surface area contributed by atoms with Gasteiger partial charge in [0.25, 0.3) is 0 Å². The summed E-state index contributed by atoms with van der Waals surface area (Å²) in [5.74, 6) is -0.609. The molecule has 0 saturated carbocycles. The van der Waals surface area contributed by atoms with Gasteiger partial charge in [-0.15, -0.1) is 0 Å². The average molecular weight is 277 g/mol. The topological polar surface area (TPSA) is 12.0 Å². The lowest BCUT2D eigenvalue weighted by Gasteiger charge is -2.28. The molecular weight excluding hydrogens is 258 g/mol. The van der Waals surface area contributed by atoms with Gasteiger partial charge in [0.1, 0.15) is 5.82 Å². The second kappa shape index (κ2) is 6.37. The van der Waals surface area contributed by atoms with E-state index in [9.17, 15) is 17.6 Å². The van der Waals surface area contributed by atoms with Crippen LogP contribution in [-0.2, 0) is 6.18 Å². The smallest absolute Gasteiger partial charge is 0.313 e. The molecule has 108 valence electrons. The molecule has 0 aromatic heterocycles. The van der Waals surface area contributed by atoms with Crippen molar-refractivity contribution in [2.24, 2.45) is 5.92 Å². The number of halogens is 4. The van der Waals surface area contributed by atoms with E-state index in [0.29, 0.717) is 0 Å². The van der Waals surface area contributed by atoms with Crippen molar-refractivity contribution < 1.29 is 17.6 Å². The second-order valence-corrected chi connectivity index (χ2v) is 4.57. The van der Waals surface area contributed by atoms with Crippen molar-refractivity contribution in [1.29, 1.82) is 0 Å². The van der Waals surface area contributed by atoms with Crippen LogP contribution >= 0.6 is 0 Å². The molecule has 1 aromatic rings. The lowest BCUT2D eigenvalue weighted by molar-refractivity contribution is -0.138. The van der Waals surface area contributed by atoms with Crippen LogP contribution in [0.15, 0.2) is 18.2 Å². The highest BCUT2D eigenvalue weighted by atomic mass is 19.4. The molecule has 1 unspecified atom stereocenters. The summed E-state index contributed by atoms with van der Waals surface area (Å²) >= 11 is 0. The monoisotopic (exact) mass is 277 g/mol. The lowest BCUT2D eigenvalue weighted by atomic mass is 9.86. The van der Waals surface area contributed by atoms with Crippen LogP contribution in [0, 0.1) is 11.7 Å². The van der Waals surface area contributed by atoms with Gasteiger partial charge in [0, 0.05) is 6.04 Å². The first-order chi connectivity index (χ1) is 8.85. The number of hydrogen-bond acceptors (Lipinski definition) is 1. The molecule has 0 heterocycles. The molecule has 19 heavy (non-hydrogen) atoms. The van der Waals surface area contributed by atoms with Gasteiger partial charge in [0.15, 0.2) is 0 Å². The average Bonchev–Trinajstić information content (AvgIpc) is 2.34. The van der Waals surface area contributed by atoms with E-state index in [2.05, 4.69) is 5.32 Å². The summed E-state index contributed by atoms with van der Waals surface area (Å²) in [5, 5.41) is 2.89. The van der Waals surface area contributed by atoms with Crippen molar-refractivity contribution in [3.8, 4) is 0 Å². The minimum Gasteiger partial charge on any atom is -0.313 e. The quantitative estimate of drug-likeness (QED) is 0.779. The second-order valence-electron chi connectivity index (χ2n) is 4.57. The van der Waals surface area contributed by atoms with Crippen LogP contribution in [0.4, 0.5) is 17.6 Å². The fourth-order valence-electron chi connectivity index (χ4n) is 2.45. The van der Waals surface area contributed by atoms with Crippen LogP contribution in [-0.4, -0.2) is 7.05 Å². The maximum absolute atomic E-state index is 13.3. The van der Waals surface area contributed by atoms with Crippen molar-refractivity contribution in [2.75, 3.05) is 7.05 Å². The summed E-state index contributed by atoms with van der Waals surface area (Å²) in [7, 11) is 1.61. The van der Waals surface area contributed by atoms with Gasteiger partial charge in [-0.3, -0.25) is 0 Å². The summed E-state index contributed by atoms with van der Waals surface area (Å²) in [4.78, 5) is 0. The molecular formula is C14H19F4N. The first kappa shape index (κ1) is 16.0. The number of rotatable bonds is 5. The summed E-state index contributed by atoms with van der Waals surface area (Å²) < 4.78 is 52.3. The summed E-state index contributed by atoms with van der Waals surface area (Å²) in [6.45, 7) is 3.84. The molecule has 1 nitrogen and oxygen atoms in total. The molecule has 1 aromatic carbocycles. The Morgan fingerprint density at radius 1 is 1.16 bits per heavy atom. The Morgan fingerprint density at radius 3 is 2.16 bits per heavy atom. The molecule has 0 radical (unpaired) electrons. The maximum atomic E-state index is 13.3. The largest absolute Gasteiger partial charge is 0.416 e. The highest BCUT2D eigenvalue weighted by Gasteiger charge is 2.36. The number of alkyl halides is 3. The molecule has 1 N–H and O–H groups in total. The SMILES string of the molecule is CCC(CC)C(NC)c1cc(F)ccc1C(F)(F)F. The van der Waals surface area contributed by atoms with Crippen LogP contribution in [0.2, 0.25) is 0 Å². The van der Waals surface area contributed by atoms with E-state index in [1.807, 2.05) is 13.8 Å². The van der Waals surface area contributed by atoms with Crippen LogP contribution in [0.1, 0.15) is 43.9 Å². The molecule has 5 heteroatoms. The number of nitrogens with one attached hydrogen (secondary N) is 1. The number of hydrogen-bond donors (Lipinski definition) is 1. The van der Waals surface area contributed by atoms with Crippen LogP contribution in [0.25, 0.3) is 0 Å². The van der Waals surface area contributed by atoms with Crippen molar-refractivity contribution in [3.05, 3.63) is 35.1 Å². The van der Waals surface area contributed by atoms with Crippen molar-refractivity contribution in [2.45, 2.75) is 38.9 Å². The van der Waals surface area contributed by atoms with E-state index >= 15 is 0 Å². The van der Waals surface area contributed by atoms with Gasteiger partial charge >= 0.3 is 6.18 Å². The van der Waals surface area contributed by atoms with E-state index < -0.39 is 23.6 Å². The Bertz CT molecular complexity index is 410. The van der Waals surface area contributed by atoms with Gasteiger partial charge in [-0.2, -0.15) is 13.2 Å². The van der Waals surface area contributed by atoms with E-state index in [0.717, 1.165) is 31.0 Å². The summed E-state index contributed by atoms with van der Waals surface area (Å²) in [6.07, 6.45) is -3.00. The van der Waals surface area contributed by atoms with Crippen molar-refractivity contribution >= 4 is 0 Å². The zero-order valence-electron chi connectivity index (χ0n) is 11.3. The van der Waals surface area contributed by atoms with E-state index in [1.165, 1.54) is 0 Å². The standard InChI is InChI=1S/C14H19F4N/c1-4-9(5-2)13(19-3)11-8-10(15)6-7-12(11)14(16,17)18/h6-9,13,19H,4-5H2,1-3H3. The Morgan fingerprint density at radius 2 is 1.74 bits per heavy atom. The fourth-order valence-corrected chi connectivity index (χ4v) is 2.45. The maximum Gasteiger partial charge on any atom is 0.416 e. The molecule has 0 aliphatic carbocycles. The Balaban J connectivity index is 3.32. The van der Waals surface area contributed by atoms with Crippen molar-refractivity contribution in [3.63, 3.8) is 0 Å². The predicted molar refractivity (Wildman–Crippen MR) is 67.3 cm³/mol. The van der Waals surface area contributed by atoms with Gasteiger partial charge in [-0.1, -0.05) is 26.7 Å². The van der Waals surface area contributed by atoms with E-state index in [1.54, 1.807) is 7.05 Å². The Hall–Kier alpha value is -1.10. The van der Waals surface area contributed by atoms with Crippen LogP contribution in [0.3, 0.4) is 0 Å². The van der Waals surface area contributed by atoms with Gasteiger partial charge < -0.3 is 5.32 Å². The van der Waals surface area contributed by atoms with Gasteiger partial charge in [-0.25, -0.2) is 4.39 Å². The first-order valence-corrected chi connectivity index (χ1v) is 6.39. The molecule has 0 aliphatic heterocycles. The van der Waals surface area contributed by atoms with E-state index in [-0.39, 0.29) is 11.5 Å².